The highest BCUT2D eigenvalue weighted by atomic mass is 32.2. The average molecular weight is 329 g/mol. The topological polar surface area (TPSA) is 40.5 Å². The molecule has 0 amide bonds. The molecule has 1 saturated heterocycles. The van der Waals surface area contributed by atoms with E-state index in [4.69, 9.17) is 4.55 Å². The van der Waals surface area contributed by atoms with Crippen molar-refractivity contribution in [3.05, 3.63) is 23.8 Å². The van der Waals surface area contributed by atoms with Gasteiger partial charge in [-0.05, 0) is 18.2 Å². The fourth-order valence-corrected chi connectivity index (χ4v) is 2.73. The molecular weight excluding hydrogens is 317 g/mol. The summed E-state index contributed by atoms with van der Waals surface area (Å²) in [6.45, 7) is -0.127. The molecule has 0 radical (unpaired) electrons. The van der Waals surface area contributed by atoms with Crippen molar-refractivity contribution >= 4 is 16.8 Å². The van der Waals surface area contributed by atoms with Gasteiger partial charge in [0.05, 0.1) is 10.5 Å². The molecule has 1 aliphatic heterocycles. The van der Waals surface area contributed by atoms with Crippen molar-refractivity contribution in [3.63, 3.8) is 0 Å². The Bertz CT molecular complexity index is 551. The van der Waals surface area contributed by atoms with Gasteiger partial charge in [0.1, 0.15) is 0 Å². The normalized spacial score (nSPS) is 20.4. The van der Waals surface area contributed by atoms with Gasteiger partial charge in [-0.1, -0.05) is 0 Å². The van der Waals surface area contributed by atoms with Crippen LogP contribution < -0.4 is 4.90 Å². The minimum atomic E-state index is -4.79. The Kier molecular flexibility index (Phi) is 4.25. The first kappa shape index (κ1) is 16.2. The Morgan fingerprint density at radius 2 is 1.76 bits per heavy atom. The Hall–Kier alpha value is -1.22. The fraction of sp³-hybridized carbons (Fsp3) is 0.500. The summed E-state index contributed by atoms with van der Waals surface area (Å²) in [5.74, 6) is -2.80. The standard InChI is InChI=1S/C12H12F5NO2S/c13-11(14)3-5-18(6-4-11)8-1-2-10(21(19)20)9(7-8)12(15,16)17/h1-2,7H,3-6H2,(H,19,20). The molecule has 1 aromatic carbocycles. The molecule has 0 saturated carbocycles. The first-order chi connectivity index (χ1) is 9.60. The zero-order valence-corrected chi connectivity index (χ0v) is 11.5. The van der Waals surface area contributed by atoms with Gasteiger partial charge in [-0.15, -0.1) is 0 Å². The predicted octanol–water partition coefficient (Wildman–Crippen LogP) is 3.52. The van der Waals surface area contributed by atoms with Crippen LogP contribution in [0.3, 0.4) is 0 Å². The van der Waals surface area contributed by atoms with Gasteiger partial charge >= 0.3 is 6.18 Å². The SMILES string of the molecule is O=S(O)c1ccc(N2CCC(F)(F)CC2)cc1C(F)(F)F. The van der Waals surface area contributed by atoms with Crippen molar-refractivity contribution in [3.8, 4) is 0 Å². The van der Waals surface area contributed by atoms with Crippen molar-refractivity contribution in [2.24, 2.45) is 0 Å². The Morgan fingerprint density at radius 3 is 2.24 bits per heavy atom. The fourth-order valence-electron chi connectivity index (χ4n) is 2.18. The average Bonchev–Trinajstić information content (AvgIpc) is 2.37. The molecule has 21 heavy (non-hydrogen) atoms. The van der Waals surface area contributed by atoms with Crippen LogP contribution in [-0.2, 0) is 17.3 Å². The molecule has 0 spiro atoms. The van der Waals surface area contributed by atoms with Gasteiger partial charge in [0.15, 0.2) is 11.1 Å². The number of piperidine rings is 1. The molecule has 1 heterocycles. The molecule has 118 valence electrons. The van der Waals surface area contributed by atoms with Crippen molar-refractivity contribution in [1.29, 1.82) is 0 Å². The lowest BCUT2D eigenvalue weighted by Crippen LogP contribution is -2.39. The van der Waals surface area contributed by atoms with Crippen LogP contribution in [0.25, 0.3) is 0 Å². The number of anilines is 1. The number of hydrogen-bond acceptors (Lipinski definition) is 2. The molecule has 1 aliphatic rings. The van der Waals surface area contributed by atoms with E-state index in [1.54, 1.807) is 0 Å². The van der Waals surface area contributed by atoms with Gasteiger partial charge in [-0.25, -0.2) is 13.0 Å². The van der Waals surface area contributed by atoms with Crippen LogP contribution in [0, 0.1) is 0 Å². The first-order valence-electron chi connectivity index (χ1n) is 6.05. The van der Waals surface area contributed by atoms with Gasteiger partial charge < -0.3 is 9.45 Å². The van der Waals surface area contributed by atoms with Gasteiger partial charge in [0, 0.05) is 31.6 Å². The summed E-state index contributed by atoms with van der Waals surface area (Å²) in [4.78, 5) is 0.671. The van der Waals surface area contributed by atoms with E-state index in [0.29, 0.717) is 0 Å². The van der Waals surface area contributed by atoms with E-state index < -0.39 is 46.5 Å². The van der Waals surface area contributed by atoms with E-state index in [1.165, 1.54) is 11.0 Å². The van der Waals surface area contributed by atoms with Crippen LogP contribution in [0.5, 0.6) is 0 Å². The van der Waals surface area contributed by atoms with Crippen molar-refractivity contribution in [1.82, 2.24) is 0 Å². The number of halogens is 5. The summed E-state index contributed by atoms with van der Waals surface area (Å²) >= 11 is -2.77. The van der Waals surface area contributed by atoms with Crippen molar-refractivity contribution in [2.75, 3.05) is 18.0 Å². The highest BCUT2D eigenvalue weighted by molar-refractivity contribution is 7.79. The van der Waals surface area contributed by atoms with Gasteiger partial charge in [0.2, 0.25) is 0 Å². The molecule has 2 rings (SSSR count). The highest BCUT2D eigenvalue weighted by Crippen LogP contribution is 2.37. The maximum absolute atomic E-state index is 13.1. The lowest BCUT2D eigenvalue weighted by Gasteiger charge is -2.33. The summed E-state index contributed by atoms with van der Waals surface area (Å²) in [5.41, 5.74) is -1.11. The van der Waals surface area contributed by atoms with Gasteiger partial charge in [-0.2, -0.15) is 13.2 Å². The monoisotopic (exact) mass is 329 g/mol. The van der Waals surface area contributed by atoms with Gasteiger partial charge in [-0.3, -0.25) is 0 Å². The Labute approximate surface area is 120 Å². The number of nitrogens with zero attached hydrogens (tertiary/aromatic N) is 1. The molecule has 9 heteroatoms. The van der Waals surface area contributed by atoms with E-state index in [1.807, 2.05) is 0 Å². The molecule has 1 aromatic rings. The molecule has 0 aliphatic carbocycles. The number of hydrogen-bond donors (Lipinski definition) is 1. The number of rotatable bonds is 2. The summed E-state index contributed by atoms with van der Waals surface area (Å²) in [6.07, 6.45) is -5.65. The molecule has 1 unspecified atom stereocenters. The molecule has 1 atom stereocenters. The second-order valence-corrected chi connectivity index (χ2v) is 5.71. The maximum Gasteiger partial charge on any atom is 0.417 e. The summed E-state index contributed by atoms with van der Waals surface area (Å²) < 4.78 is 84.6. The molecule has 0 bridgehead atoms. The first-order valence-corrected chi connectivity index (χ1v) is 7.16. The second kappa shape index (κ2) is 5.53. The van der Waals surface area contributed by atoms with E-state index in [2.05, 4.69) is 0 Å². The third-order valence-corrected chi connectivity index (χ3v) is 4.05. The molecule has 3 nitrogen and oxygen atoms in total. The van der Waals surface area contributed by atoms with Gasteiger partial charge in [0.25, 0.3) is 5.92 Å². The van der Waals surface area contributed by atoms with E-state index >= 15 is 0 Å². The van der Waals surface area contributed by atoms with Crippen molar-refractivity contribution < 1.29 is 30.7 Å². The maximum atomic E-state index is 13.1. The van der Waals surface area contributed by atoms with Crippen LogP contribution in [0.1, 0.15) is 18.4 Å². The number of alkyl halides is 5. The predicted molar refractivity (Wildman–Crippen MR) is 66.9 cm³/mol. The zero-order chi connectivity index (χ0) is 15.8. The van der Waals surface area contributed by atoms with Crippen LogP contribution in [0.2, 0.25) is 0 Å². The lowest BCUT2D eigenvalue weighted by atomic mass is 10.1. The minimum Gasteiger partial charge on any atom is -0.371 e. The summed E-state index contributed by atoms with van der Waals surface area (Å²) in [7, 11) is 0. The molecule has 1 fully saturated rings. The lowest BCUT2D eigenvalue weighted by molar-refractivity contribution is -0.139. The third-order valence-electron chi connectivity index (χ3n) is 3.32. The summed E-state index contributed by atoms with van der Waals surface area (Å²) in [5, 5.41) is 0. The summed E-state index contributed by atoms with van der Waals surface area (Å²) in [6, 6.07) is 2.87. The largest absolute Gasteiger partial charge is 0.417 e. The van der Waals surface area contributed by atoms with Crippen LogP contribution in [0.15, 0.2) is 23.1 Å². The zero-order valence-electron chi connectivity index (χ0n) is 10.7. The van der Waals surface area contributed by atoms with E-state index in [9.17, 15) is 26.2 Å². The van der Waals surface area contributed by atoms with E-state index in [-0.39, 0.29) is 18.8 Å². The quantitative estimate of drug-likeness (QED) is 0.667. The second-order valence-electron chi connectivity index (χ2n) is 4.77. The number of benzene rings is 1. The van der Waals surface area contributed by atoms with E-state index in [0.717, 1.165) is 12.1 Å². The Morgan fingerprint density at radius 1 is 1.19 bits per heavy atom. The highest BCUT2D eigenvalue weighted by Gasteiger charge is 2.37. The smallest absolute Gasteiger partial charge is 0.371 e. The van der Waals surface area contributed by atoms with Crippen LogP contribution in [0.4, 0.5) is 27.6 Å². The Balaban J connectivity index is 2.33. The minimum absolute atomic E-state index is 0.0636. The van der Waals surface area contributed by atoms with Crippen LogP contribution >= 0.6 is 0 Å². The third kappa shape index (κ3) is 3.70. The molecular formula is C12H12F5NO2S. The van der Waals surface area contributed by atoms with Crippen LogP contribution in [-0.4, -0.2) is 27.8 Å². The molecule has 1 N–H and O–H groups in total. The van der Waals surface area contributed by atoms with Crippen molar-refractivity contribution in [2.45, 2.75) is 29.8 Å². The molecule has 0 aromatic heterocycles.